The summed E-state index contributed by atoms with van der Waals surface area (Å²) in [5.74, 6) is 0. The third-order valence-corrected chi connectivity index (χ3v) is 2.37. The fourth-order valence-electron chi connectivity index (χ4n) is 0.547. The fourth-order valence-corrected chi connectivity index (χ4v) is 1.06. The predicted molar refractivity (Wildman–Crippen MR) is 34.4 cm³/mol. The summed E-state index contributed by atoms with van der Waals surface area (Å²) in [6.45, 7) is 3.19. The Labute approximate surface area is 55.3 Å². The standard InChI is InChI=1S/C5H11FO2S/c1-3-4-5(2)9(6,7)8/h5H,3-4H2,1-2H3. The minimum absolute atomic E-state index is 0.402. The minimum atomic E-state index is -4.26. The molecule has 0 aromatic heterocycles. The van der Waals surface area contributed by atoms with Gasteiger partial charge in [-0.15, -0.1) is 3.89 Å². The molecule has 4 heteroatoms. The summed E-state index contributed by atoms with van der Waals surface area (Å²) >= 11 is 0. The first-order chi connectivity index (χ1) is 3.98. The molecule has 0 fully saturated rings. The van der Waals surface area contributed by atoms with E-state index >= 15 is 0 Å². The second-order valence-electron chi connectivity index (χ2n) is 2.07. The Morgan fingerprint density at radius 3 is 2.11 bits per heavy atom. The molecule has 0 rings (SSSR count). The van der Waals surface area contributed by atoms with Gasteiger partial charge in [-0.3, -0.25) is 0 Å². The topological polar surface area (TPSA) is 34.1 Å². The molecule has 1 atom stereocenters. The Kier molecular flexibility index (Phi) is 3.11. The van der Waals surface area contributed by atoms with Crippen molar-refractivity contribution in [3.05, 3.63) is 0 Å². The minimum Gasteiger partial charge on any atom is -0.195 e. The van der Waals surface area contributed by atoms with E-state index in [1.165, 1.54) is 6.92 Å². The maximum Gasteiger partial charge on any atom is 0.305 e. The molecule has 0 heterocycles. The van der Waals surface area contributed by atoms with Crippen LogP contribution in [0, 0.1) is 0 Å². The van der Waals surface area contributed by atoms with Crippen LogP contribution in [-0.2, 0) is 10.2 Å². The predicted octanol–water partition coefficient (Wildman–Crippen LogP) is 1.47. The van der Waals surface area contributed by atoms with E-state index in [0.717, 1.165) is 0 Å². The fraction of sp³-hybridized carbons (Fsp3) is 1.00. The summed E-state index contributed by atoms with van der Waals surface area (Å²) in [7, 11) is -4.26. The Morgan fingerprint density at radius 1 is 1.56 bits per heavy atom. The van der Waals surface area contributed by atoms with E-state index < -0.39 is 15.5 Å². The summed E-state index contributed by atoms with van der Waals surface area (Å²) in [6.07, 6.45) is 1.10. The molecule has 0 aliphatic rings. The van der Waals surface area contributed by atoms with Gasteiger partial charge in [0.05, 0.1) is 5.25 Å². The number of rotatable bonds is 3. The molecule has 0 aromatic carbocycles. The molecule has 9 heavy (non-hydrogen) atoms. The second-order valence-corrected chi connectivity index (χ2v) is 3.83. The molecule has 56 valence electrons. The Hall–Kier alpha value is -0.120. The second kappa shape index (κ2) is 3.15. The van der Waals surface area contributed by atoms with Crippen LogP contribution in [-0.4, -0.2) is 13.7 Å². The summed E-state index contributed by atoms with van der Waals surface area (Å²) in [4.78, 5) is 0. The highest BCUT2D eigenvalue weighted by molar-refractivity contribution is 7.86. The first kappa shape index (κ1) is 8.88. The average molecular weight is 154 g/mol. The molecular formula is C5H11FO2S. The van der Waals surface area contributed by atoms with Gasteiger partial charge in [0, 0.05) is 0 Å². The van der Waals surface area contributed by atoms with Crippen LogP contribution in [0.2, 0.25) is 0 Å². The van der Waals surface area contributed by atoms with E-state index in [9.17, 15) is 12.3 Å². The van der Waals surface area contributed by atoms with Gasteiger partial charge < -0.3 is 0 Å². The lowest BCUT2D eigenvalue weighted by Gasteiger charge is -2.01. The third-order valence-electron chi connectivity index (χ3n) is 1.18. The van der Waals surface area contributed by atoms with Crippen molar-refractivity contribution in [2.75, 3.05) is 0 Å². The molecule has 0 N–H and O–H groups in total. The molecule has 0 radical (unpaired) electrons. The van der Waals surface area contributed by atoms with E-state index in [-0.39, 0.29) is 0 Å². The molecule has 0 aromatic rings. The quantitative estimate of drug-likeness (QED) is 0.577. The van der Waals surface area contributed by atoms with E-state index in [0.29, 0.717) is 12.8 Å². The van der Waals surface area contributed by atoms with Gasteiger partial charge in [-0.25, -0.2) is 0 Å². The van der Waals surface area contributed by atoms with Crippen LogP contribution in [0.5, 0.6) is 0 Å². The number of hydrogen-bond donors (Lipinski definition) is 0. The zero-order valence-electron chi connectivity index (χ0n) is 5.59. The van der Waals surface area contributed by atoms with Crippen molar-refractivity contribution < 1.29 is 12.3 Å². The first-order valence-corrected chi connectivity index (χ1v) is 4.36. The van der Waals surface area contributed by atoms with E-state index in [4.69, 9.17) is 0 Å². The molecule has 0 amide bonds. The molecule has 2 nitrogen and oxygen atoms in total. The van der Waals surface area contributed by atoms with Crippen LogP contribution >= 0.6 is 0 Å². The first-order valence-electron chi connectivity index (χ1n) is 2.92. The van der Waals surface area contributed by atoms with Crippen LogP contribution in [0.1, 0.15) is 26.7 Å². The molecule has 0 bridgehead atoms. The van der Waals surface area contributed by atoms with Crippen molar-refractivity contribution in [1.29, 1.82) is 0 Å². The Morgan fingerprint density at radius 2 is 2.00 bits per heavy atom. The maximum atomic E-state index is 11.9. The van der Waals surface area contributed by atoms with Gasteiger partial charge in [-0.1, -0.05) is 13.3 Å². The molecule has 0 aliphatic heterocycles. The maximum absolute atomic E-state index is 11.9. The molecule has 0 saturated heterocycles. The van der Waals surface area contributed by atoms with Gasteiger partial charge in [0.25, 0.3) is 0 Å². The van der Waals surface area contributed by atoms with Gasteiger partial charge in [-0.05, 0) is 13.3 Å². The van der Waals surface area contributed by atoms with E-state index in [2.05, 4.69) is 0 Å². The SMILES string of the molecule is CCCC(C)S(=O)(=O)F. The van der Waals surface area contributed by atoms with Crippen LogP contribution in [0.4, 0.5) is 3.89 Å². The third kappa shape index (κ3) is 3.46. The highest BCUT2D eigenvalue weighted by Gasteiger charge is 2.17. The molecule has 0 aliphatic carbocycles. The van der Waals surface area contributed by atoms with Crippen molar-refractivity contribution in [1.82, 2.24) is 0 Å². The number of halogens is 1. The van der Waals surface area contributed by atoms with Gasteiger partial charge in [-0.2, -0.15) is 8.42 Å². The smallest absolute Gasteiger partial charge is 0.195 e. The van der Waals surface area contributed by atoms with Gasteiger partial charge in [0.15, 0.2) is 0 Å². The lowest BCUT2D eigenvalue weighted by molar-refractivity contribution is 0.531. The molecular weight excluding hydrogens is 143 g/mol. The zero-order valence-corrected chi connectivity index (χ0v) is 6.41. The van der Waals surface area contributed by atoms with Crippen molar-refractivity contribution in [2.24, 2.45) is 0 Å². The van der Waals surface area contributed by atoms with Crippen molar-refractivity contribution in [3.63, 3.8) is 0 Å². The Bertz CT molecular complexity index is 162. The lowest BCUT2D eigenvalue weighted by atomic mass is 10.3. The monoisotopic (exact) mass is 154 g/mol. The van der Waals surface area contributed by atoms with Gasteiger partial charge in [0.2, 0.25) is 0 Å². The largest absolute Gasteiger partial charge is 0.305 e. The summed E-state index contributed by atoms with van der Waals surface area (Å²) in [5.41, 5.74) is 0. The summed E-state index contributed by atoms with van der Waals surface area (Å²) < 4.78 is 32.1. The van der Waals surface area contributed by atoms with E-state index in [1.54, 1.807) is 0 Å². The highest BCUT2D eigenvalue weighted by Crippen LogP contribution is 2.08. The van der Waals surface area contributed by atoms with E-state index in [1.807, 2.05) is 6.92 Å². The summed E-state index contributed by atoms with van der Waals surface area (Å²) in [6, 6.07) is 0. The Balaban J connectivity index is 3.90. The molecule has 0 saturated carbocycles. The summed E-state index contributed by atoms with van der Waals surface area (Å²) in [5, 5.41) is -0.831. The van der Waals surface area contributed by atoms with Crippen LogP contribution in [0.3, 0.4) is 0 Å². The van der Waals surface area contributed by atoms with Crippen molar-refractivity contribution in [2.45, 2.75) is 31.9 Å². The highest BCUT2D eigenvalue weighted by atomic mass is 32.3. The van der Waals surface area contributed by atoms with Crippen molar-refractivity contribution in [3.8, 4) is 0 Å². The normalized spacial score (nSPS) is 15.4. The van der Waals surface area contributed by atoms with Gasteiger partial charge in [0.1, 0.15) is 0 Å². The number of hydrogen-bond acceptors (Lipinski definition) is 2. The molecule has 1 unspecified atom stereocenters. The van der Waals surface area contributed by atoms with Crippen LogP contribution < -0.4 is 0 Å². The lowest BCUT2D eigenvalue weighted by Crippen LogP contribution is -2.11. The average Bonchev–Trinajstić information content (AvgIpc) is 1.64. The molecule has 0 spiro atoms. The zero-order chi connectivity index (χ0) is 7.49. The van der Waals surface area contributed by atoms with Gasteiger partial charge >= 0.3 is 10.2 Å². The van der Waals surface area contributed by atoms with Crippen molar-refractivity contribution >= 4 is 10.2 Å². The van der Waals surface area contributed by atoms with Crippen LogP contribution in [0.25, 0.3) is 0 Å². The van der Waals surface area contributed by atoms with Crippen LogP contribution in [0.15, 0.2) is 0 Å².